The van der Waals surface area contributed by atoms with Gasteiger partial charge in [-0.25, -0.2) is 0 Å². The maximum Gasteiger partial charge on any atom is -0.00891 e. The fourth-order valence-electron chi connectivity index (χ4n) is 4.64. The molecule has 1 heteroatoms. The zero-order valence-corrected chi connectivity index (χ0v) is 18.9. The first kappa shape index (κ1) is 19.8. The first-order valence-corrected chi connectivity index (χ1v) is 11.9. The summed E-state index contributed by atoms with van der Waals surface area (Å²) in [6.45, 7) is 18.1. The van der Waals surface area contributed by atoms with Crippen molar-refractivity contribution >= 4 is 13.2 Å². The minimum Gasteiger partial charge on any atom is -0.0803 e. The third kappa shape index (κ3) is 3.74. The minimum atomic E-state index is -0.249. The number of aryl methyl sites for hydroxylation is 6. The first-order chi connectivity index (χ1) is 12.7. The molecule has 3 rings (SSSR count). The first-order valence-electron chi connectivity index (χ1n) is 9.67. The van der Waals surface area contributed by atoms with E-state index in [0.717, 1.165) is 0 Å². The Kier molecular flexibility index (Phi) is 5.59. The normalized spacial score (nSPS) is 11.3. The molecule has 0 aromatic heterocycles. The van der Waals surface area contributed by atoms with Crippen LogP contribution in [0, 0.1) is 41.5 Å². The summed E-state index contributed by atoms with van der Waals surface area (Å²) < 4.78 is 0. The standard InChI is InChI=1S/C26H31P/c1-16-12-18(3)24(19(4)13-16)22-10-9-11-23(26(22)27(7)8)25-20(5)14-17(2)15-21(25)6/h9-15H,1-8H3. The lowest BCUT2D eigenvalue weighted by atomic mass is 9.89. The number of hydrogen-bond acceptors (Lipinski definition) is 0. The van der Waals surface area contributed by atoms with Crippen LogP contribution in [0.1, 0.15) is 33.4 Å². The maximum atomic E-state index is 2.38. The summed E-state index contributed by atoms with van der Waals surface area (Å²) in [7, 11) is -0.249. The van der Waals surface area contributed by atoms with E-state index in [0.29, 0.717) is 0 Å². The smallest absolute Gasteiger partial charge is 0.00891 e. The van der Waals surface area contributed by atoms with Gasteiger partial charge in [-0.2, -0.15) is 0 Å². The summed E-state index contributed by atoms with van der Waals surface area (Å²) in [5, 5.41) is 1.53. The molecule has 0 nitrogen and oxygen atoms in total. The molecule has 0 spiro atoms. The van der Waals surface area contributed by atoms with Crippen molar-refractivity contribution in [3.63, 3.8) is 0 Å². The van der Waals surface area contributed by atoms with Crippen LogP contribution in [-0.2, 0) is 0 Å². The number of benzene rings is 3. The van der Waals surface area contributed by atoms with Gasteiger partial charge in [0, 0.05) is 0 Å². The topological polar surface area (TPSA) is 0 Å². The van der Waals surface area contributed by atoms with E-state index in [1.54, 1.807) is 0 Å². The van der Waals surface area contributed by atoms with Crippen LogP contribution in [-0.4, -0.2) is 13.3 Å². The van der Waals surface area contributed by atoms with Crippen molar-refractivity contribution in [3.05, 3.63) is 75.8 Å². The SMILES string of the molecule is Cc1cc(C)c(-c2cccc(-c3c(C)cc(C)cc3C)c2P(C)C)c(C)c1. The van der Waals surface area contributed by atoms with Gasteiger partial charge in [-0.3, -0.25) is 0 Å². The summed E-state index contributed by atoms with van der Waals surface area (Å²) in [6.07, 6.45) is 0. The predicted octanol–water partition coefficient (Wildman–Crippen LogP) is 7.24. The van der Waals surface area contributed by atoms with E-state index in [2.05, 4.69) is 97.3 Å². The van der Waals surface area contributed by atoms with Crippen molar-refractivity contribution in [2.45, 2.75) is 41.5 Å². The molecule has 0 atom stereocenters. The average molecular weight is 375 g/mol. The molecule has 0 radical (unpaired) electrons. The molecule has 0 aliphatic rings. The summed E-state index contributed by atoms with van der Waals surface area (Å²) in [5.41, 5.74) is 13.8. The Balaban J connectivity index is 2.37. The van der Waals surface area contributed by atoms with Crippen LogP contribution in [0.5, 0.6) is 0 Å². The number of rotatable bonds is 3. The molecule has 0 amide bonds. The van der Waals surface area contributed by atoms with Crippen LogP contribution >= 0.6 is 7.92 Å². The van der Waals surface area contributed by atoms with Gasteiger partial charge in [0.05, 0.1) is 0 Å². The highest BCUT2D eigenvalue weighted by atomic mass is 31.1. The molecule has 0 fully saturated rings. The number of hydrogen-bond donors (Lipinski definition) is 0. The van der Waals surface area contributed by atoms with E-state index >= 15 is 0 Å². The molecule has 140 valence electrons. The Hall–Kier alpha value is -1.91. The van der Waals surface area contributed by atoms with Crippen LogP contribution in [0.25, 0.3) is 22.3 Å². The third-order valence-corrected chi connectivity index (χ3v) is 6.75. The molecule has 0 bridgehead atoms. The molecule has 0 aliphatic heterocycles. The molecule has 27 heavy (non-hydrogen) atoms. The Morgan fingerprint density at radius 3 is 1.19 bits per heavy atom. The Bertz CT molecular complexity index is 887. The predicted molar refractivity (Wildman–Crippen MR) is 124 cm³/mol. The molecule has 0 heterocycles. The van der Waals surface area contributed by atoms with Gasteiger partial charge in [0.25, 0.3) is 0 Å². The zero-order chi connectivity index (χ0) is 19.9. The van der Waals surface area contributed by atoms with Crippen LogP contribution in [0.3, 0.4) is 0 Å². The van der Waals surface area contributed by atoms with Crippen LogP contribution < -0.4 is 5.30 Å². The Morgan fingerprint density at radius 2 is 0.889 bits per heavy atom. The molecular formula is C26H31P. The zero-order valence-electron chi connectivity index (χ0n) is 18.0. The van der Waals surface area contributed by atoms with Gasteiger partial charge in [-0.1, -0.05) is 61.5 Å². The van der Waals surface area contributed by atoms with Gasteiger partial charge in [0.1, 0.15) is 0 Å². The highest BCUT2D eigenvalue weighted by molar-refractivity contribution is 7.64. The van der Waals surface area contributed by atoms with Gasteiger partial charge in [-0.15, -0.1) is 0 Å². The van der Waals surface area contributed by atoms with Crippen molar-refractivity contribution in [1.29, 1.82) is 0 Å². The van der Waals surface area contributed by atoms with E-state index in [4.69, 9.17) is 0 Å². The highest BCUT2D eigenvalue weighted by Gasteiger charge is 2.19. The molecule has 0 unspecified atom stereocenters. The van der Waals surface area contributed by atoms with E-state index in [1.165, 1.54) is 60.9 Å². The molecule has 0 saturated carbocycles. The summed E-state index contributed by atoms with van der Waals surface area (Å²) in [4.78, 5) is 0. The Labute approximate surface area is 166 Å². The largest absolute Gasteiger partial charge is 0.0803 e. The van der Waals surface area contributed by atoms with Gasteiger partial charge in [-0.05, 0) is 105 Å². The molecule has 0 N–H and O–H groups in total. The lowest BCUT2D eigenvalue weighted by molar-refractivity contribution is 1.31. The van der Waals surface area contributed by atoms with Crippen LogP contribution in [0.4, 0.5) is 0 Å². The summed E-state index contributed by atoms with van der Waals surface area (Å²) >= 11 is 0. The van der Waals surface area contributed by atoms with Crippen LogP contribution in [0.2, 0.25) is 0 Å². The highest BCUT2D eigenvalue weighted by Crippen LogP contribution is 2.40. The molecule has 0 saturated heterocycles. The second-order valence-corrected chi connectivity index (χ2v) is 10.4. The van der Waals surface area contributed by atoms with E-state index in [1.807, 2.05) is 0 Å². The van der Waals surface area contributed by atoms with Gasteiger partial charge >= 0.3 is 0 Å². The van der Waals surface area contributed by atoms with Gasteiger partial charge in [0.15, 0.2) is 0 Å². The Morgan fingerprint density at radius 1 is 0.556 bits per heavy atom. The molecule has 0 aliphatic carbocycles. The minimum absolute atomic E-state index is 0.249. The lowest BCUT2D eigenvalue weighted by Gasteiger charge is -2.23. The average Bonchev–Trinajstić information content (AvgIpc) is 2.52. The van der Waals surface area contributed by atoms with Crippen molar-refractivity contribution in [1.82, 2.24) is 0 Å². The molecule has 3 aromatic carbocycles. The van der Waals surface area contributed by atoms with E-state index in [9.17, 15) is 0 Å². The van der Waals surface area contributed by atoms with E-state index in [-0.39, 0.29) is 7.92 Å². The van der Waals surface area contributed by atoms with Crippen molar-refractivity contribution < 1.29 is 0 Å². The third-order valence-electron chi connectivity index (χ3n) is 5.38. The molecular weight excluding hydrogens is 343 g/mol. The second kappa shape index (κ2) is 7.61. The fourth-order valence-corrected chi connectivity index (χ4v) is 5.97. The van der Waals surface area contributed by atoms with E-state index < -0.39 is 0 Å². The summed E-state index contributed by atoms with van der Waals surface area (Å²) in [5.74, 6) is 0. The van der Waals surface area contributed by atoms with Crippen molar-refractivity contribution in [3.8, 4) is 22.3 Å². The van der Waals surface area contributed by atoms with Gasteiger partial charge < -0.3 is 0 Å². The second-order valence-electron chi connectivity index (χ2n) is 8.14. The fraction of sp³-hybridized carbons (Fsp3) is 0.308. The van der Waals surface area contributed by atoms with Crippen LogP contribution in [0.15, 0.2) is 42.5 Å². The van der Waals surface area contributed by atoms with Crippen molar-refractivity contribution in [2.75, 3.05) is 13.3 Å². The quantitative estimate of drug-likeness (QED) is 0.424. The monoisotopic (exact) mass is 374 g/mol. The van der Waals surface area contributed by atoms with Crippen molar-refractivity contribution in [2.24, 2.45) is 0 Å². The lowest BCUT2D eigenvalue weighted by Crippen LogP contribution is -2.11. The maximum absolute atomic E-state index is 2.38. The molecule has 3 aromatic rings. The van der Waals surface area contributed by atoms with Gasteiger partial charge in [0.2, 0.25) is 0 Å². The summed E-state index contributed by atoms with van der Waals surface area (Å²) in [6, 6.07) is 16.1.